The highest BCUT2D eigenvalue weighted by atomic mass is 32.2. The minimum absolute atomic E-state index is 0.0850. The molecule has 0 spiro atoms. The van der Waals surface area contributed by atoms with Crippen molar-refractivity contribution >= 4 is 23.7 Å². The molecule has 28 heavy (non-hydrogen) atoms. The van der Waals surface area contributed by atoms with Gasteiger partial charge in [-0.1, -0.05) is 30.0 Å². The Morgan fingerprint density at radius 1 is 1.18 bits per heavy atom. The maximum atomic E-state index is 11.7. The quantitative estimate of drug-likeness (QED) is 0.374. The molecule has 4 rings (SSSR count). The monoisotopic (exact) mass is 397 g/mol. The van der Waals surface area contributed by atoms with Gasteiger partial charge in [-0.15, -0.1) is 10.2 Å². The zero-order chi connectivity index (χ0) is 19.5. The van der Waals surface area contributed by atoms with Gasteiger partial charge in [0.1, 0.15) is 5.76 Å². The number of aryl methyl sites for hydroxylation is 1. The van der Waals surface area contributed by atoms with Crippen LogP contribution < -0.4 is 5.32 Å². The molecule has 1 saturated heterocycles. The summed E-state index contributed by atoms with van der Waals surface area (Å²) < 4.78 is 7.43. The SMILES string of the molecule is Cc1occc1-c1nnc(SCCCN2C(=O)CNC2=O)n1-c1ccccc1. The normalized spacial score (nSPS) is 14.0. The van der Waals surface area contributed by atoms with Crippen molar-refractivity contribution in [2.24, 2.45) is 0 Å². The van der Waals surface area contributed by atoms with Crippen molar-refractivity contribution in [2.75, 3.05) is 18.8 Å². The predicted molar refractivity (Wildman–Crippen MR) is 104 cm³/mol. The van der Waals surface area contributed by atoms with Gasteiger partial charge in [0.25, 0.3) is 0 Å². The highest BCUT2D eigenvalue weighted by Crippen LogP contribution is 2.30. The molecule has 3 aromatic rings. The van der Waals surface area contributed by atoms with Crippen LogP contribution in [0.15, 0.2) is 52.2 Å². The highest BCUT2D eigenvalue weighted by molar-refractivity contribution is 7.99. The molecule has 1 aliphatic rings. The van der Waals surface area contributed by atoms with Crippen molar-refractivity contribution in [1.29, 1.82) is 0 Å². The maximum Gasteiger partial charge on any atom is 0.324 e. The van der Waals surface area contributed by atoms with Crippen molar-refractivity contribution in [3.05, 3.63) is 48.4 Å². The van der Waals surface area contributed by atoms with Gasteiger partial charge in [0.2, 0.25) is 5.91 Å². The Hall–Kier alpha value is -3.07. The third-order valence-corrected chi connectivity index (χ3v) is 5.46. The second-order valence-electron chi connectivity index (χ2n) is 6.27. The molecule has 144 valence electrons. The fraction of sp³-hybridized carbons (Fsp3) is 0.263. The number of aromatic nitrogens is 3. The fourth-order valence-electron chi connectivity index (χ4n) is 3.03. The molecule has 0 atom stereocenters. The Kier molecular flexibility index (Phi) is 5.16. The Labute approximate surface area is 165 Å². The largest absolute Gasteiger partial charge is 0.469 e. The maximum absolute atomic E-state index is 11.7. The summed E-state index contributed by atoms with van der Waals surface area (Å²) in [5.41, 5.74) is 1.85. The van der Waals surface area contributed by atoms with E-state index in [2.05, 4.69) is 15.5 Å². The van der Waals surface area contributed by atoms with Crippen LogP contribution in [0, 0.1) is 6.92 Å². The summed E-state index contributed by atoms with van der Waals surface area (Å²) in [6, 6.07) is 11.5. The number of rotatable bonds is 7. The van der Waals surface area contributed by atoms with Crippen molar-refractivity contribution < 1.29 is 14.0 Å². The van der Waals surface area contributed by atoms with E-state index < -0.39 is 0 Å². The smallest absolute Gasteiger partial charge is 0.324 e. The first kappa shape index (κ1) is 18.3. The van der Waals surface area contributed by atoms with Crippen molar-refractivity contribution in [1.82, 2.24) is 25.0 Å². The van der Waals surface area contributed by atoms with Crippen LogP contribution in [-0.2, 0) is 4.79 Å². The van der Waals surface area contributed by atoms with Crippen LogP contribution in [0.3, 0.4) is 0 Å². The number of amides is 3. The summed E-state index contributed by atoms with van der Waals surface area (Å²) in [5.74, 6) is 2.01. The second kappa shape index (κ2) is 7.89. The van der Waals surface area contributed by atoms with Gasteiger partial charge >= 0.3 is 6.03 Å². The molecule has 2 aromatic heterocycles. The molecule has 3 heterocycles. The summed E-state index contributed by atoms with van der Waals surface area (Å²) in [4.78, 5) is 24.5. The number of imide groups is 1. The number of thioether (sulfide) groups is 1. The fourth-order valence-corrected chi connectivity index (χ4v) is 3.91. The van der Waals surface area contributed by atoms with E-state index in [0.717, 1.165) is 22.2 Å². The Morgan fingerprint density at radius 3 is 2.68 bits per heavy atom. The van der Waals surface area contributed by atoms with Crippen LogP contribution in [0.2, 0.25) is 0 Å². The molecule has 0 unspecified atom stereocenters. The van der Waals surface area contributed by atoms with E-state index in [0.29, 0.717) is 24.5 Å². The van der Waals surface area contributed by atoms with Crippen LogP contribution in [0.4, 0.5) is 4.79 Å². The minimum atomic E-state index is -0.319. The third kappa shape index (κ3) is 3.53. The lowest BCUT2D eigenvalue weighted by Crippen LogP contribution is -2.32. The van der Waals surface area contributed by atoms with Crippen LogP contribution in [0.25, 0.3) is 17.1 Å². The number of carbonyl (C=O) groups is 2. The number of urea groups is 1. The van der Waals surface area contributed by atoms with E-state index in [-0.39, 0.29) is 18.5 Å². The van der Waals surface area contributed by atoms with Crippen molar-refractivity contribution in [3.8, 4) is 17.1 Å². The van der Waals surface area contributed by atoms with Crippen LogP contribution in [0.1, 0.15) is 12.2 Å². The summed E-state index contributed by atoms with van der Waals surface area (Å²) in [7, 11) is 0. The van der Waals surface area contributed by atoms with Crippen molar-refractivity contribution in [2.45, 2.75) is 18.5 Å². The molecule has 0 aliphatic carbocycles. The first-order valence-corrected chi connectivity index (χ1v) is 9.90. The van der Waals surface area contributed by atoms with Gasteiger partial charge in [-0.05, 0) is 31.5 Å². The molecule has 1 aromatic carbocycles. The summed E-state index contributed by atoms with van der Waals surface area (Å²) >= 11 is 1.54. The predicted octanol–water partition coefficient (Wildman–Crippen LogP) is 2.87. The zero-order valence-electron chi connectivity index (χ0n) is 15.3. The van der Waals surface area contributed by atoms with Crippen molar-refractivity contribution in [3.63, 3.8) is 0 Å². The van der Waals surface area contributed by atoms with E-state index >= 15 is 0 Å². The number of benzene rings is 1. The van der Waals surface area contributed by atoms with Gasteiger partial charge in [-0.3, -0.25) is 14.3 Å². The number of carbonyl (C=O) groups excluding carboxylic acids is 2. The number of hydrogen-bond acceptors (Lipinski definition) is 6. The van der Waals surface area contributed by atoms with Gasteiger partial charge in [-0.25, -0.2) is 4.79 Å². The molecule has 1 aliphatic heterocycles. The van der Waals surface area contributed by atoms with E-state index in [1.807, 2.05) is 47.9 Å². The molecule has 0 radical (unpaired) electrons. The molecule has 8 nitrogen and oxygen atoms in total. The second-order valence-corrected chi connectivity index (χ2v) is 7.34. The number of para-hydroxylation sites is 1. The van der Waals surface area contributed by atoms with Gasteiger partial charge in [0.15, 0.2) is 11.0 Å². The van der Waals surface area contributed by atoms with E-state index in [9.17, 15) is 9.59 Å². The average molecular weight is 397 g/mol. The lowest BCUT2D eigenvalue weighted by atomic mass is 10.2. The lowest BCUT2D eigenvalue weighted by Gasteiger charge is -2.12. The van der Waals surface area contributed by atoms with E-state index in [4.69, 9.17) is 4.42 Å². The third-order valence-electron chi connectivity index (χ3n) is 4.44. The molecular weight excluding hydrogens is 378 g/mol. The Morgan fingerprint density at radius 2 is 2.00 bits per heavy atom. The molecule has 1 N–H and O–H groups in total. The number of hydrogen-bond donors (Lipinski definition) is 1. The van der Waals surface area contributed by atoms with Gasteiger partial charge in [0, 0.05) is 18.0 Å². The lowest BCUT2D eigenvalue weighted by molar-refractivity contribution is -0.124. The molecule has 1 fully saturated rings. The number of nitrogens with one attached hydrogen (secondary N) is 1. The summed E-state index contributed by atoms with van der Waals surface area (Å²) in [6.07, 6.45) is 2.31. The molecule has 0 bridgehead atoms. The summed E-state index contributed by atoms with van der Waals surface area (Å²) in [5, 5.41) is 12.0. The van der Waals surface area contributed by atoms with E-state index in [1.165, 1.54) is 4.90 Å². The van der Waals surface area contributed by atoms with E-state index in [1.54, 1.807) is 18.0 Å². The summed E-state index contributed by atoms with van der Waals surface area (Å²) in [6.45, 7) is 2.37. The van der Waals surface area contributed by atoms with Gasteiger partial charge < -0.3 is 9.73 Å². The molecule has 9 heteroatoms. The number of furan rings is 1. The topological polar surface area (TPSA) is 93.3 Å². The van der Waals surface area contributed by atoms with Crippen LogP contribution in [-0.4, -0.2) is 50.4 Å². The zero-order valence-corrected chi connectivity index (χ0v) is 16.1. The van der Waals surface area contributed by atoms with Crippen LogP contribution >= 0.6 is 11.8 Å². The first-order chi connectivity index (χ1) is 13.6. The Bertz CT molecular complexity index is 982. The van der Waals surface area contributed by atoms with Gasteiger partial charge in [-0.2, -0.15) is 0 Å². The molecular formula is C19H19N5O3S. The van der Waals surface area contributed by atoms with Gasteiger partial charge in [0.05, 0.1) is 18.4 Å². The molecule has 3 amide bonds. The Balaban J connectivity index is 1.52. The average Bonchev–Trinajstić information content (AvgIpc) is 3.39. The molecule has 0 saturated carbocycles. The minimum Gasteiger partial charge on any atom is -0.469 e. The number of nitrogens with zero attached hydrogens (tertiary/aromatic N) is 4. The standard InChI is InChI=1S/C19H19N5O3S/c1-13-15(8-10-27-13)17-21-22-19(24(17)14-6-3-2-4-7-14)28-11-5-9-23-16(25)12-20-18(23)26/h2-4,6-8,10H,5,9,11-12H2,1H3,(H,20,26). The first-order valence-electron chi connectivity index (χ1n) is 8.91. The highest BCUT2D eigenvalue weighted by Gasteiger charge is 2.27. The van der Waals surface area contributed by atoms with Crippen LogP contribution in [0.5, 0.6) is 0 Å².